The number of fused-ring (bicyclic) bond motifs is 1. The third kappa shape index (κ3) is 4.52. The molecule has 0 aliphatic carbocycles. The number of amides is 4. The van der Waals surface area contributed by atoms with Crippen LogP contribution in [0.3, 0.4) is 0 Å². The summed E-state index contributed by atoms with van der Waals surface area (Å²) in [6.45, 7) is 5.91. The lowest BCUT2D eigenvalue weighted by Crippen LogP contribution is -2.63. The number of piperidine rings is 1. The molecule has 0 aromatic heterocycles. The molecule has 1 atom stereocenters. The fraction of sp³-hybridized carbons (Fsp3) is 0.385. The van der Waals surface area contributed by atoms with Crippen LogP contribution in [0, 0.1) is 0 Å². The smallest absolute Gasteiger partial charge is 0.346 e. The second-order valence-electron chi connectivity index (χ2n) is 10.6. The second kappa shape index (κ2) is 8.83. The minimum Gasteiger partial charge on any atom is -0.346 e. The van der Waals surface area contributed by atoms with Crippen LogP contribution in [0.25, 0.3) is 0 Å². The number of nitrogens with one attached hydrogen (secondary N) is 2. The van der Waals surface area contributed by atoms with E-state index < -0.39 is 23.2 Å². The first-order chi connectivity index (χ1) is 16.7. The van der Waals surface area contributed by atoms with Crippen molar-refractivity contribution in [1.29, 1.82) is 0 Å². The molecule has 0 spiro atoms. The minimum atomic E-state index is -3.71. The Morgan fingerprint density at radius 2 is 1.72 bits per heavy atom. The van der Waals surface area contributed by atoms with Gasteiger partial charge < -0.3 is 10.2 Å². The summed E-state index contributed by atoms with van der Waals surface area (Å²) in [5.74, 6) is -6.36. The summed E-state index contributed by atoms with van der Waals surface area (Å²) in [7, 11) is 1.62. The molecular formula is C26H28BF2N3O4. The third-order valence-electron chi connectivity index (χ3n) is 7.00. The van der Waals surface area contributed by atoms with Crippen LogP contribution in [0.15, 0.2) is 42.5 Å². The highest BCUT2D eigenvalue weighted by Crippen LogP contribution is 2.34. The van der Waals surface area contributed by atoms with Gasteiger partial charge in [0.2, 0.25) is 11.8 Å². The van der Waals surface area contributed by atoms with Crippen molar-refractivity contribution >= 4 is 31.5 Å². The molecule has 2 heterocycles. The van der Waals surface area contributed by atoms with Crippen LogP contribution < -0.4 is 10.6 Å². The number of halogens is 2. The number of rotatable bonds is 5. The molecular weight excluding hydrogens is 467 g/mol. The Morgan fingerprint density at radius 1 is 1.08 bits per heavy atom. The Hall–Kier alpha value is -3.56. The van der Waals surface area contributed by atoms with Crippen LogP contribution in [0.1, 0.15) is 66.2 Å². The number of alkyl halides is 2. The van der Waals surface area contributed by atoms with E-state index in [1.807, 2.05) is 20.8 Å². The van der Waals surface area contributed by atoms with Gasteiger partial charge in [0.15, 0.2) is 0 Å². The number of carbonyl (C=O) groups is 4. The van der Waals surface area contributed by atoms with E-state index in [1.54, 1.807) is 38.2 Å². The molecule has 4 rings (SSSR count). The summed E-state index contributed by atoms with van der Waals surface area (Å²) in [4.78, 5) is 50.8. The van der Waals surface area contributed by atoms with Crippen molar-refractivity contribution in [3.8, 4) is 0 Å². The molecule has 0 bridgehead atoms. The number of hydrogen-bond donors (Lipinski definition) is 2. The van der Waals surface area contributed by atoms with Crippen LogP contribution in [-0.2, 0) is 38.8 Å². The highest BCUT2D eigenvalue weighted by Gasteiger charge is 2.48. The van der Waals surface area contributed by atoms with E-state index in [1.165, 1.54) is 17.0 Å². The van der Waals surface area contributed by atoms with Gasteiger partial charge in [-0.15, -0.1) is 0 Å². The van der Waals surface area contributed by atoms with Gasteiger partial charge in [-0.2, -0.15) is 8.78 Å². The van der Waals surface area contributed by atoms with Crippen LogP contribution in [-0.4, -0.2) is 41.8 Å². The van der Waals surface area contributed by atoms with Gasteiger partial charge in [-0.05, 0) is 34.6 Å². The fourth-order valence-corrected chi connectivity index (χ4v) is 4.54. The lowest BCUT2D eigenvalue weighted by Gasteiger charge is -2.39. The molecule has 36 heavy (non-hydrogen) atoms. The molecule has 2 aromatic rings. The maximum atomic E-state index is 14.8. The predicted octanol–water partition coefficient (Wildman–Crippen LogP) is 2.11. The number of imide groups is 1. The molecule has 7 nitrogen and oxygen atoms in total. The van der Waals surface area contributed by atoms with Crippen LogP contribution in [0.2, 0.25) is 0 Å². The molecule has 10 heteroatoms. The Balaban J connectivity index is 1.44. The Bertz CT molecular complexity index is 1260. The summed E-state index contributed by atoms with van der Waals surface area (Å²) in [6.07, 6.45) is 0.346. The number of benzene rings is 2. The maximum Gasteiger partial charge on any atom is 0.349 e. The van der Waals surface area contributed by atoms with Gasteiger partial charge in [0.05, 0.1) is 5.44 Å². The first kappa shape index (κ1) is 25.5. The average Bonchev–Trinajstić information content (AvgIpc) is 3.16. The summed E-state index contributed by atoms with van der Waals surface area (Å²) < 4.78 is 29.6. The van der Waals surface area contributed by atoms with Gasteiger partial charge in [0.25, 0.3) is 11.8 Å². The van der Waals surface area contributed by atoms with E-state index in [0.29, 0.717) is 16.7 Å². The van der Waals surface area contributed by atoms with E-state index in [-0.39, 0.29) is 48.7 Å². The van der Waals surface area contributed by atoms with Crippen LogP contribution in [0.5, 0.6) is 0 Å². The van der Waals surface area contributed by atoms with Crippen molar-refractivity contribution < 1.29 is 28.0 Å². The van der Waals surface area contributed by atoms with Gasteiger partial charge in [-0.25, -0.2) is 0 Å². The molecule has 2 aliphatic rings. The zero-order chi connectivity index (χ0) is 26.5. The predicted molar refractivity (Wildman–Crippen MR) is 131 cm³/mol. The number of hydrogen-bond acceptors (Lipinski definition) is 4. The minimum absolute atomic E-state index is 0.132. The topological polar surface area (TPSA) is 95.6 Å². The quantitative estimate of drug-likeness (QED) is 0.491. The van der Waals surface area contributed by atoms with E-state index >= 15 is 0 Å². The van der Waals surface area contributed by atoms with Gasteiger partial charge in [0.1, 0.15) is 7.85 Å². The standard InChI is InChI=1S/C26H28BF2N3O4/c1-24(2,3)17-5-7-18(8-6-17)26(28,29)23(36)30-13-15-4-9-19-16(12-15)14-32(21(19)34)25(27)11-10-20(33)31-22(25)35/h4-9,12H,10-11,13-14,27H2,1-3H3,(H,30,36)(H,31,33,35)/t25-/m0/s1. The lowest BCUT2D eigenvalue weighted by molar-refractivity contribution is -0.147. The molecule has 0 saturated carbocycles. The van der Waals surface area contributed by atoms with Gasteiger partial charge in [-0.1, -0.05) is 57.2 Å². The highest BCUT2D eigenvalue weighted by atomic mass is 19.3. The normalized spacial score (nSPS) is 20.2. The number of carbonyl (C=O) groups excluding carboxylic acids is 4. The average molecular weight is 495 g/mol. The summed E-state index contributed by atoms with van der Waals surface area (Å²) in [5, 5.41) is 4.58. The van der Waals surface area contributed by atoms with E-state index in [4.69, 9.17) is 0 Å². The molecule has 1 saturated heterocycles. The Labute approximate surface area is 209 Å². The molecule has 2 N–H and O–H groups in total. The molecule has 2 aromatic carbocycles. The molecule has 0 radical (unpaired) electrons. The fourth-order valence-electron chi connectivity index (χ4n) is 4.54. The summed E-state index contributed by atoms with van der Waals surface area (Å²) in [5.41, 5.74) is 0.710. The second-order valence-corrected chi connectivity index (χ2v) is 10.6. The van der Waals surface area contributed by atoms with E-state index in [9.17, 15) is 28.0 Å². The van der Waals surface area contributed by atoms with Crippen molar-refractivity contribution in [3.63, 3.8) is 0 Å². The Kier molecular flexibility index (Phi) is 6.26. The van der Waals surface area contributed by atoms with Crippen molar-refractivity contribution in [2.75, 3.05) is 0 Å². The third-order valence-corrected chi connectivity index (χ3v) is 7.00. The van der Waals surface area contributed by atoms with Gasteiger partial charge >= 0.3 is 5.92 Å². The van der Waals surface area contributed by atoms with Crippen LogP contribution >= 0.6 is 0 Å². The zero-order valence-corrected chi connectivity index (χ0v) is 20.7. The summed E-state index contributed by atoms with van der Waals surface area (Å²) >= 11 is 0. The first-order valence-electron chi connectivity index (χ1n) is 11.8. The van der Waals surface area contributed by atoms with Crippen molar-refractivity contribution in [3.05, 3.63) is 70.3 Å². The van der Waals surface area contributed by atoms with Crippen molar-refractivity contribution in [2.45, 2.75) is 63.5 Å². The number of nitrogens with zero attached hydrogens (tertiary/aromatic N) is 1. The highest BCUT2D eigenvalue weighted by molar-refractivity contribution is 6.32. The van der Waals surface area contributed by atoms with Gasteiger partial charge in [0, 0.05) is 30.6 Å². The monoisotopic (exact) mass is 495 g/mol. The van der Waals surface area contributed by atoms with Gasteiger partial charge in [-0.3, -0.25) is 24.5 Å². The molecule has 188 valence electrons. The lowest BCUT2D eigenvalue weighted by atomic mass is 9.70. The summed E-state index contributed by atoms with van der Waals surface area (Å²) in [6, 6.07) is 10.6. The molecule has 2 aliphatic heterocycles. The largest absolute Gasteiger partial charge is 0.349 e. The van der Waals surface area contributed by atoms with E-state index in [0.717, 1.165) is 5.56 Å². The zero-order valence-electron chi connectivity index (χ0n) is 20.7. The molecule has 0 unspecified atom stereocenters. The molecule has 4 amide bonds. The first-order valence-corrected chi connectivity index (χ1v) is 11.8. The maximum absolute atomic E-state index is 14.8. The van der Waals surface area contributed by atoms with Crippen LogP contribution in [0.4, 0.5) is 8.78 Å². The van der Waals surface area contributed by atoms with Crippen molar-refractivity contribution in [1.82, 2.24) is 15.5 Å². The van der Waals surface area contributed by atoms with Crippen molar-refractivity contribution in [2.24, 2.45) is 0 Å². The Morgan fingerprint density at radius 3 is 2.33 bits per heavy atom. The SMILES string of the molecule is B[C@]1(N2Cc3cc(CNC(=O)C(F)(F)c4ccc(C(C)(C)C)cc4)ccc3C2=O)CCC(=O)NC1=O. The van der Waals surface area contributed by atoms with E-state index in [2.05, 4.69) is 10.6 Å². The molecule has 1 fully saturated rings.